The van der Waals surface area contributed by atoms with Gasteiger partial charge in [-0.2, -0.15) is 0 Å². The minimum absolute atomic E-state index is 0.248. The number of rotatable bonds is 7. The summed E-state index contributed by atoms with van der Waals surface area (Å²) in [6.07, 6.45) is -5.12. The second kappa shape index (κ2) is 12.9. The lowest BCUT2D eigenvalue weighted by Crippen LogP contribution is -2.65. The normalized spacial score (nSPS) is 24.0. The predicted molar refractivity (Wildman–Crippen MR) is 161 cm³/mol. The highest BCUT2D eigenvalue weighted by Crippen LogP contribution is 2.34. The Morgan fingerprint density at radius 2 is 1.31 bits per heavy atom. The van der Waals surface area contributed by atoms with Crippen LogP contribution >= 0.6 is 0 Å². The maximum atomic E-state index is 13.6. The second-order valence-electron chi connectivity index (χ2n) is 13.8. The SMILES string of the molecule is [2H]CC(C)(C)C(=O)OC[C@H]1OC(On2ncc3cccnc32)[C@H](OC(=O)C(C)(C)C[2H])[C@@H](OC(=O)C(C)(C)C[2H])[C@@H]1OC(=O)C(C)(C)C[2H]. The Labute approximate surface area is 269 Å². The van der Waals surface area contributed by atoms with E-state index in [2.05, 4.69) is 10.1 Å². The van der Waals surface area contributed by atoms with E-state index < -0.39 is 89.7 Å². The first-order chi connectivity index (χ1) is 22.7. The molecule has 0 saturated carbocycles. The topological polar surface area (TPSA) is 154 Å². The van der Waals surface area contributed by atoms with Crippen LogP contribution in [0.25, 0.3) is 11.0 Å². The van der Waals surface area contributed by atoms with Crippen molar-refractivity contribution in [2.24, 2.45) is 21.7 Å². The molecule has 45 heavy (non-hydrogen) atoms. The van der Waals surface area contributed by atoms with Gasteiger partial charge < -0.3 is 28.5 Å². The highest BCUT2D eigenvalue weighted by molar-refractivity contribution is 5.78. The van der Waals surface area contributed by atoms with Crippen LogP contribution in [0.2, 0.25) is 0 Å². The molecule has 1 aliphatic heterocycles. The summed E-state index contributed by atoms with van der Waals surface area (Å²) >= 11 is 0. The summed E-state index contributed by atoms with van der Waals surface area (Å²) in [5.41, 5.74) is -5.05. The molecule has 3 rings (SSSR count). The minimum atomic E-state index is -1.68. The first-order valence-electron chi connectivity index (χ1n) is 17.2. The Bertz CT molecular complexity index is 1500. The zero-order chi connectivity index (χ0) is 36.9. The fourth-order valence-electron chi connectivity index (χ4n) is 3.72. The molecule has 5 atom stereocenters. The van der Waals surface area contributed by atoms with E-state index in [0.717, 1.165) is 4.85 Å². The molecule has 1 saturated heterocycles. The molecule has 2 aromatic rings. The minimum Gasteiger partial charge on any atom is -0.462 e. The second-order valence-corrected chi connectivity index (χ2v) is 13.8. The summed E-state index contributed by atoms with van der Waals surface area (Å²) in [5.74, 6) is -3.46. The van der Waals surface area contributed by atoms with Crippen LogP contribution in [-0.2, 0) is 42.9 Å². The van der Waals surface area contributed by atoms with Crippen LogP contribution in [0.1, 0.15) is 88.5 Å². The summed E-state index contributed by atoms with van der Waals surface area (Å²) in [5, 5.41) is 4.77. The number of carbonyl (C=O) groups is 4. The molecule has 250 valence electrons. The number of fused-ring (bicyclic) bond motifs is 1. The van der Waals surface area contributed by atoms with Gasteiger partial charge in [-0.3, -0.25) is 19.2 Å². The molecule has 1 unspecified atom stereocenters. The molecule has 1 fully saturated rings. The Morgan fingerprint density at radius 1 is 0.800 bits per heavy atom. The van der Waals surface area contributed by atoms with Crippen molar-refractivity contribution in [1.82, 2.24) is 14.9 Å². The van der Waals surface area contributed by atoms with Crippen LogP contribution in [0.5, 0.6) is 0 Å². The third kappa shape index (κ3) is 8.93. The van der Waals surface area contributed by atoms with E-state index >= 15 is 0 Å². The monoisotopic (exact) mass is 637 g/mol. The molecule has 13 heteroatoms. The Morgan fingerprint density at radius 3 is 1.87 bits per heavy atom. The van der Waals surface area contributed by atoms with Crippen LogP contribution in [0.4, 0.5) is 0 Å². The number of nitrogens with zero attached hydrogens (tertiary/aromatic N) is 3. The molecule has 0 bridgehead atoms. The van der Waals surface area contributed by atoms with Crippen molar-refractivity contribution < 1.29 is 53.2 Å². The average molecular weight is 638 g/mol. The van der Waals surface area contributed by atoms with Gasteiger partial charge in [-0.1, -0.05) is 4.85 Å². The van der Waals surface area contributed by atoms with Crippen LogP contribution in [-0.4, -0.2) is 76.1 Å². The lowest BCUT2D eigenvalue weighted by atomic mass is 9.93. The fraction of sp³-hybridized carbons (Fsp3) is 0.688. The van der Waals surface area contributed by atoms with E-state index in [9.17, 15) is 19.2 Å². The lowest BCUT2D eigenvalue weighted by molar-refractivity contribution is -0.313. The van der Waals surface area contributed by atoms with Crippen LogP contribution in [0, 0.1) is 21.7 Å². The lowest BCUT2D eigenvalue weighted by Gasteiger charge is -2.45. The maximum absolute atomic E-state index is 13.6. The van der Waals surface area contributed by atoms with Crippen molar-refractivity contribution in [2.45, 2.75) is 114 Å². The van der Waals surface area contributed by atoms with Crippen molar-refractivity contribution >= 4 is 34.9 Å². The number of ether oxygens (including phenoxy) is 5. The van der Waals surface area contributed by atoms with Gasteiger partial charge in [-0.05, 0) is 95.1 Å². The molecule has 0 aliphatic carbocycles. The summed E-state index contributed by atoms with van der Waals surface area (Å²) < 4.78 is 60.9. The Hall–Kier alpha value is -3.74. The molecule has 3 heterocycles. The van der Waals surface area contributed by atoms with Crippen molar-refractivity contribution in [3.63, 3.8) is 0 Å². The number of pyridine rings is 1. The molecule has 0 radical (unpaired) electrons. The van der Waals surface area contributed by atoms with E-state index in [4.69, 9.17) is 34.0 Å². The highest BCUT2D eigenvalue weighted by atomic mass is 16.8. The predicted octanol–water partition coefficient (Wildman–Crippen LogP) is 4.05. The Kier molecular flexibility index (Phi) is 8.61. The molecule has 0 N–H and O–H groups in total. The Balaban J connectivity index is 2.22. The van der Waals surface area contributed by atoms with Gasteiger partial charge in [0.15, 0.2) is 17.9 Å². The third-order valence-electron chi connectivity index (χ3n) is 6.41. The smallest absolute Gasteiger partial charge is 0.311 e. The first kappa shape index (κ1) is 29.9. The number of esters is 4. The van der Waals surface area contributed by atoms with Gasteiger partial charge in [0, 0.05) is 17.1 Å². The molecule has 13 nitrogen and oxygen atoms in total. The molecular weight excluding hydrogens is 586 g/mol. The van der Waals surface area contributed by atoms with Gasteiger partial charge in [0.05, 0.1) is 27.9 Å². The van der Waals surface area contributed by atoms with Crippen molar-refractivity contribution in [3.8, 4) is 0 Å². The van der Waals surface area contributed by atoms with Gasteiger partial charge in [0.1, 0.15) is 12.7 Å². The van der Waals surface area contributed by atoms with Gasteiger partial charge in [0.2, 0.25) is 6.10 Å². The van der Waals surface area contributed by atoms with Crippen molar-refractivity contribution in [3.05, 3.63) is 24.5 Å². The van der Waals surface area contributed by atoms with Crippen LogP contribution in [0.3, 0.4) is 0 Å². The molecule has 0 aromatic carbocycles. The molecule has 0 spiro atoms. The van der Waals surface area contributed by atoms with Crippen LogP contribution < -0.4 is 4.84 Å². The van der Waals surface area contributed by atoms with Gasteiger partial charge in [0.25, 0.3) is 6.29 Å². The highest BCUT2D eigenvalue weighted by Gasteiger charge is 2.56. The van der Waals surface area contributed by atoms with Gasteiger partial charge in [-0.15, -0.1) is 5.10 Å². The fourth-order valence-corrected chi connectivity index (χ4v) is 3.72. The van der Waals surface area contributed by atoms with E-state index in [0.29, 0.717) is 5.39 Å². The number of hydrogen-bond acceptors (Lipinski definition) is 12. The van der Waals surface area contributed by atoms with Gasteiger partial charge in [-0.25, -0.2) is 4.98 Å². The molecule has 1 aliphatic rings. The van der Waals surface area contributed by atoms with Crippen LogP contribution in [0.15, 0.2) is 24.5 Å². The standard InChI is InChI=1S/C32H47N3O10/c1-29(2,3)25(36)40-17-19-20(42-26(37)30(4,5)6)21(43-27(38)31(7,8)9)22(44-28(39)32(10,11)12)24(41-19)45-35-23-18(16-34-35)14-13-15-33-23/h13-16,19-22,24H,17H2,1-12H3/t19-,20-,21+,22-,24?/m1/s1/i1D,4D,7D,10D. The number of carbonyl (C=O) groups excluding carboxylic acids is 4. The first-order valence-corrected chi connectivity index (χ1v) is 14.3. The number of hydrogen-bond donors (Lipinski definition) is 0. The van der Waals surface area contributed by atoms with Gasteiger partial charge >= 0.3 is 23.9 Å². The summed E-state index contributed by atoms with van der Waals surface area (Å²) in [7, 11) is 0. The average Bonchev–Trinajstić information content (AvgIpc) is 3.48. The number of aromatic nitrogens is 3. The van der Waals surface area contributed by atoms with E-state index in [1.165, 1.54) is 67.8 Å². The van der Waals surface area contributed by atoms with Crippen molar-refractivity contribution in [2.75, 3.05) is 6.61 Å². The molecular formula is C32H47N3O10. The summed E-state index contributed by atoms with van der Waals surface area (Å²) in [6, 6.07) is 3.40. The molecule has 0 amide bonds. The van der Waals surface area contributed by atoms with E-state index in [-0.39, 0.29) is 26.3 Å². The zero-order valence-electron chi connectivity index (χ0n) is 31.2. The largest absolute Gasteiger partial charge is 0.462 e. The van der Waals surface area contributed by atoms with E-state index in [1.807, 2.05) is 0 Å². The maximum Gasteiger partial charge on any atom is 0.311 e. The summed E-state index contributed by atoms with van der Waals surface area (Å²) in [4.78, 5) is 64.9. The van der Waals surface area contributed by atoms with Crippen molar-refractivity contribution in [1.29, 1.82) is 0 Å². The quantitative estimate of drug-likeness (QED) is 0.318. The molecule has 2 aromatic heterocycles. The van der Waals surface area contributed by atoms with E-state index in [1.54, 1.807) is 12.1 Å². The summed E-state index contributed by atoms with van der Waals surface area (Å²) in [6.45, 7) is 9.80. The zero-order valence-corrected chi connectivity index (χ0v) is 27.2. The third-order valence-corrected chi connectivity index (χ3v) is 6.41.